The molecule has 0 bridgehead atoms. The zero-order chi connectivity index (χ0) is 22.7. The summed E-state index contributed by atoms with van der Waals surface area (Å²) < 4.78 is 12.3. The summed E-state index contributed by atoms with van der Waals surface area (Å²) in [6.45, 7) is 0. The minimum absolute atomic E-state index is 0.159. The van der Waals surface area contributed by atoms with Crippen molar-refractivity contribution in [2.45, 2.75) is 5.03 Å². The number of aromatic nitrogens is 4. The van der Waals surface area contributed by atoms with E-state index in [2.05, 4.69) is 20.6 Å². The summed E-state index contributed by atoms with van der Waals surface area (Å²) in [6, 6.07) is 14.0. The molecular formula is C21H17Cl2N5O3S. The van der Waals surface area contributed by atoms with Crippen molar-refractivity contribution < 1.29 is 14.3 Å². The first-order valence-corrected chi connectivity index (χ1v) is 11.0. The molecule has 0 saturated carbocycles. The third-order valence-corrected chi connectivity index (χ3v) is 6.09. The van der Waals surface area contributed by atoms with Crippen molar-refractivity contribution in [2.24, 2.45) is 0 Å². The number of amides is 1. The summed E-state index contributed by atoms with van der Waals surface area (Å²) in [5, 5.41) is 17.2. The van der Waals surface area contributed by atoms with E-state index in [9.17, 15) is 4.79 Å². The molecule has 2 heterocycles. The van der Waals surface area contributed by atoms with E-state index in [1.54, 1.807) is 55.1 Å². The number of thioether (sulfide) groups is 1. The first-order valence-electron chi connectivity index (χ1n) is 9.31. The Kier molecular flexibility index (Phi) is 6.69. The van der Waals surface area contributed by atoms with Gasteiger partial charge < -0.3 is 14.8 Å². The Balaban J connectivity index is 1.51. The van der Waals surface area contributed by atoms with Crippen molar-refractivity contribution in [1.29, 1.82) is 0 Å². The molecule has 4 aromatic rings. The predicted octanol–water partition coefficient (Wildman–Crippen LogP) is 4.85. The molecule has 0 atom stereocenters. The average molecular weight is 490 g/mol. The van der Waals surface area contributed by atoms with E-state index in [-0.39, 0.29) is 11.7 Å². The summed E-state index contributed by atoms with van der Waals surface area (Å²) in [4.78, 5) is 12.3. The quantitative estimate of drug-likeness (QED) is 0.371. The molecule has 1 amide bonds. The molecule has 0 aliphatic heterocycles. The molecule has 0 spiro atoms. The van der Waals surface area contributed by atoms with Crippen molar-refractivity contribution in [1.82, 2.24) is 19.8 Å². The number of hydrogen-bond donors (Lipinski definition) is 1. The molecule has 164 valence electrons. The van der Waals surface area contributed by atoms with Gasteiger partial charge in [0.1, 0.15) is 5.03 Å². The highest BCUT2D eigenvalue weighted by Crippen LogP contribution is 2.32. The molecular weight excluding hydrogens is 473 g/mol. The third kappa shape index (κ3) is 4.74. The van der Waals surface area contributed by atoms with Gasteiger partial charge in [-0.15, -0.1) is 10.2 Å². The van der Waals surface area contributed by atoms with Gasteiger partial charge in [-0.3, -0.25) is 4.79 Å². The van der Waals surface area contributed by atoms with E-state index in [1.165, 1.54) is 11.8 Å². The van der Waals surface area contributed by atoms with E-state index < -0.39 is 0 Å². The largest absolute Gasteiger partial charge is 0.493 e. The van der Waals surface area contributed by atoms with Gasteiger partial charge in [0.05, 0.1) is 30.0 Å². The van der Waals surface area contributed by atoms with Gasteiger partial charge in [-0.05, 0) is 48.5 Å². The van der Waals surface area contributed by atoms with Crippen LogP contribution in [0.2, 0.25) is 10.0 Å². The summed E-state index contributed by atoms with van der Waals surface area (Å²) in [6.07, 6.45) is 0. The van der Waals surface area contributed by atoms with Crippen LogP contribution in [0.5, 0.6) is 11.5 Å². The fourth-order valence-electron chi connectivity index (χ4n) is 2.91. The van der Waals surface area contributed by atoms with E-state index >= 15 is 0 Å². The third-order valence-electron chi connectivity index (χ3n) is 4.43. The van der Waals surface area contributed by atoms with Gasteiger partial charge in [-0.25, -0.2) is 0 Å². The Labute approximate surface area is 197 Å². The lowest BCUT2D eigenvalue weighted by Crippen LogP contribution is -2.14. The van der Waals surface area contributed by atoms with Crippen molar-refractivity contribution in [3.8, 4) is 22.9 Å². The number of anilines is 1. The number of carbonyl (C=O) groups is 1. The molecule has 0 fully saturated rings. The number of nitrogens with zero attached hydrogens (tertiary/aromatic N) is 4. The number of methoxy groups -OCH3 is 2. The molecule has 11 heteroatoms. The van der Waals surface area contributed by atoms with Crippen LogP contribution in [0.15, 0.2) is 53.6 Å². The summed E-state index contributed by atoms with van der Waals surface area (Å²) in [5.74, 6) is 1.70. The van der Waals surface area contributed by atoms with Crippen LogP contribution in [-0.2, 0) is 4.79 Å². The second-order valence-electron chi connectivity index (χ2n) is 6.50. The molecule has 0 saturated heterocycles. The minimum atomic E-state index is -0.195. The maximum Gasteiger partial charge on any atom is 0.234 e. The Hall–Kier alpha value is -3.01. The lowest BCUT2D eigenvalue weighted by molar-refractivity contribution is -0.113. The zero-order valence-electron chi connectivity index (χ0n) is 17.0. The summed E-state index contributed by atoms with van der Waals surface area (Å²) in [5.41, 5.74) is 1.92. The van der Waals surface area contributed by atoms with E-state index in [1.807, 2.05) is 12.1 Å². The monoisotopic (exact) mass is 489 g/mol. The predicted molar refractivity (Wildman–Crippen MR) is 125 cm³/mol. The smallest absolute Gasteiger partial charge is 0.234 e. The highest BCUT2D eigenvalue weighted by molar-refractivity contribution is 7.99. The van der Waals surface area contributed by atoms with Crippen molar-refractivity contribution >= 4 is 52.2 Å². The fraction of sp³-hybridized carbons (Fsp3) is 0.143. The normalized spacial score (nSPS) is 10.9. The van der Waals surface area contributed by atoms with Crippen molar-refractivity contribution in [3.63, 3.8) is 0 Å². The first kappa shape index (κ1) is 22.2. The van der Waals surface area contributed by atoms with Gasteiger partial charge in [-0.1, -0.05) is 35.0 Å². The number of fused-ring (bicyclic) bond motifs is 1. The highest BCUT2D eigenvalue weighted by Gasteiger charge is 2.14. The van der Waals surface area contributed by atoms with E-state index in [0.29, 0.717) is 43.7 Å². The Morgan fingerprint density at radius 1 is 1.00 bits per heavy atom. The molecule has 0 unspecified atom stereocenters. The van der Waals surface area contributed by atoms with Gasteiger partial charge in [0.25, 0.3) is 0 Å². The lowest BCUT2D eigenvalue weighted by atomic mass is 10.2. The van der Waals surface area contributed by atoms with Gasteiger partial charge in [0.15, 0.2) is 23.0 Å². The van der Waals surface area contributed by atoms with Crippen LogP contribution in [0, 0.1) is 0 Å². The number of carbonyl (C=O) groups excluding carboxylic acids is 1. The molecule has 2 aromatic carbocycles. The van der Waals surface area contributed by atoms with Gasteiger partial charge in [0, 0.05) is 11.3 Å². The number of ether oxygens (including phenoxy) is 2. The van der Waals surface area contributed by atoms with Gasteiger partial charge in [-0.2, -0.15) is 9.61 Å². The lowest BCUT2D eigenvalue weighted by Gasteiger charge is -2.09. The maximum absolute atomic E-state index is 12.3. The number of benzene rings is 2. The van der Waals surface area contributed by atoms with Crippen LogP contribution < -0.4 is 14.8 Å². The number of rotatable bonds is 7. The van der Waals surface area contributed by atoms with Crippen LogP contribution in [0.3, 0.4) is 0 Å². The molecule has 2 aromatic heterocycles. The Morgan fingerprint density at radius 3 is 2.56 bits per heavy atom. The van der Waals surface area contributed by atoms with Crippen LogP contribution in [0.1, 0.15) is 0 Å². The SMILES string of the molecule is COc1ccc(-c2nnc3ccc(SCC(=O)Nc4ccc(Cl)c(Cl)c4)nn23)cc1OC. The number of nitrogens with one attached hydrogen (secondary N) is 1. The minimum Gasteiger partial charge on any atom is -0.493 e. The van der Waals surface area contributed by atoms with Crippen LogP contribution in [0.25, 0.3) is 17.0 Å². The van der Waals surface area contributed by atoms with Crippen molar-refractivity contribution in [2.75, 3.05) is 25.3 Å². The molecule has 4 rings (SSSR count). The number of hydrogen-bond acceptors (Lipinski definition) is 7. The van der Waals surface area contributed by atoms with E-state index in [4.69, 9.17) is 32.7 Å². The summed E-state index contributed by atoms with van der Waals surface area (Å²) >= 11 is 13.2. The van der Waals surface area contributed by atoms with Crippen LogP contribution in [0.4, 0.5) is 5.69 Å². The van der Waals surface area contributed by atoms with Crippen molar-refractivity contribution in [3.05, 3.63) is 58.6 Å². The topological polar surface area (TPSA) is 90.6 Å². The molecule has 8 nitrogen and oxygen atoms in total. The Morgan fingerprint density at radius 2 is 1.81 bits per heavy atom. The average Bonchev–Trinajstić information content (AvgIpc) is 3.23. The number of halogens is 2. The molecule has 32 heavy (non-hydrogen) atoms. The van der Waals surface area contributed by atoms with Crippen LogP contribution in [-0.4, -0.2) is 45.7 Å². The van der Waals surface area contributed by atoms with E-state index in [0.717, 1.165) is 5.56 Å². The second kappa shape index (κ2) is 9.64. The van der Waals surface area contributed by atoms with Gasteiger partial charge in [0.2, 0.25) is 5.91 Å². The molecule has 0 radical (unpaired) electrons. The standard InChI is InChI=1S/C21H17Cl2N5O3S/c1-30-16-6-3-12(9-17(16)31-2)21-26-25-18-7-8-20(27-28(18)21)32-11-19(29)24-13-4-5-14(22)15(23)10-13/h3-10H,11H2,1-2H3,(H,24,29). The Bertz CT molecular complexity index is 1300. The summed E-state index contributed by atoms with van der Waals surface area (Å²) in [7, 11) is 3.15. The maximum atomic E-state index is 12.3. The zero-order valence-corrected chi connectivity index (χ0v) is 19.3. The van der Waals surface area contributed by atoms with Crippen LogP contribution >= 0.6 is 35.0 Å². The molecule has 1 N–H and O–H groups in total. The highest BCUT2D eigenvalue weighted by atomic mass is 35.5. The fourth-order valence-corrected chi connectivity index (χ4v) is 3.87. The van der Waals surface area contributed by atoms with Gasteiger partial charge >= 0.3 is 0 Å². The first-order chi connectivity index (χ1) is 15.5. The molecule has 0 aliphatic rings. The molecule has 0 aliphatic carbocycles. The second-order valence-corrected chi connectivity index (χ2v) is 8.31.